The number of rotatable bonds is 2. The van der Waals surface area contributed by atoms with Crippen LogP contribution in [0.1, 0.15) is 17.5 Å². The van der Waals surface area contributed by atoms with Gasteiger partial charge in [-0.2, -0.15) is 0 Å². The van der Waals surface area contributed by atoms with Crippen LogP contribution in [0, 0.1) is 0 Å². The molecule has 2 rings (SSSR count). The van der Waals surface area contributed by atoms with Gasteiger partial charge in [-0.15, -0.1) is 11.3 Å². The first kappa shape index (κ1) is 8.19. The first-order valence-electron chi connectivity index (χ1n) is 3.87. The van der Waals surface area contributed by atoms with Crippen LogP contribution in [0.5, 0.6) is 0 Å². The number of thiophene rings is 1. The maximum Gasteiger partial charge on any atom is 0.194 e. The van der Waals surface area contributed by atoms with Crippen molar-refractivity contribution in [3.05, 3.63) is 29.5 Å². The molecule has 1 N–H and O–H groups in total. The molecule has 0 atom stereocenters. The number of Topliss-reactive ketones (excluding diaryl/α,β-unsaturated/α-hetero) is 1. The van der Waals surface area contributed by atoms with Crippen molar-refractivity contribution in [3.8, 4) is 10.6 Å². The number of nitrogens with one attached hydrogen (secondary N) is 1. The lowest BCUT2D eigenvalue weighted by molar-refractivity contribution is 0.100. The molecule has 0 amide bonds. The Hall–Kier alpha value is -1.42. The molecule has 0 fully saturated rings. The highest BCUT2D eigenvalue weighted by Gasteiger charge is 2.06. The second kappa shape index (κ2) is 3.14. The third kappa shape index (κ3) is 1.53. The molecule has 0 radical (unpaired) electrons. The Morgan fingerprint density at radius 3 is 3.00 bits per heavy atom. The summed E-state index contributed by atoms with van der Waals surface area (Å²) >= 11 is 1.62. The quantitative estimate of drug-likeness (QED) is 0.742. The maximum absolute atomic E-state index is 10.9. The monoisotopic (exact) mass is 192 g/mol. The Morgan fingerprint density at radius 2 is 2.46 bits per heavy atom. The first-order chi connectivity index (χ1) is 6.27. The molecule has 4 heteroatoms. The number of nitrogens with zero attached hydrogens (tertiary/aromatic N) is 1. The Morgan fingerprint density at radius 1 is 1.62 bits per heavy atom. The Kier molecular flexibility index (Phi) is 1.98. The van der Waals surface area contributed by atoms with Gasteiger partial charge in [-0.3, -0.25) is 4.79 Å². The molecule has 0 bridgehead atoms. The lowest BCUT2D eigenvalue weighted by Gasteiger charge is -1.88. The van der Waals surface area contributed by atoms with E-state index in [1.165, 1.54) is 6.92 Å². The third-order valence-corrected chi connectivity index (χ3v) is 2.60. The van der Waals surface area contributed by atoms with Gasteiger partial charge >= 0.3 is 0 Å². The van der Waals surface area contributed by atoms with Gasteiger partial charge in [-0.25, -0.2) is 4.98 Å². The molecule has 0 aromatic carbocycles. The summed E-state index contributed by atoms with van der Waals surface area (Å²) in [6.07, 6.45) is 1.68. The highest BCUT2D eigenvalue weighted by Crippen LogP contribution is 2.22. The fourth-order valence-electron chi connectivity index (χ4n) is 1.06. The smallest absolute Gasteiger partial charge is 0.194 e. The van der Waals surface area contributed by atoms with Crippen LogP contribution < -0.4 is 0 Å². The van der Waals surface area contributed by atoms with Crippen LogP contribution >= 0.6 is 11.3 Å². The Bertz CT molecular complexity index is 417. The molecule has 0 saturated heterocycles. The molecule has 2 aromatic heterocycles. The van der Waals surface area contributed by atoms with E-state index in [1.807, 2.05) is 17.5 Å². The van der Waals surface area contributed by atoms with E-state index >= 15 is 0 Å². The van der Waals surface area contributed by atoms with E-state index in [0.717, 1.165) is 10.6 Å². The van der Waals surface area contributed by atoms with Gasteiger partial charge in [-0.1, -0.05) is 6.07 Å². The van der Waals surface area contributed by atoms with Crippen LogP contribution in [0.25, 0.3) is 10.6 Å². The van der Waals surface area contributed by atoms with Gasteiger partial charge in [0, 0.05) is 6.92 Å². The summed E-state index contributed by atoms with van der Waals surface area (Å²) in [5.74, 6) is 0.381. The topological polar surface area (TPSA) is 45.8 Å². The lowest BCUT2D eigenvalue weighted by atomic mass is 10.4. The van der Waals surface area contributed by atoms with E-state index in [9.17, 15) is 4.79 Å². The van der Waals surface area contributed by atoms with E-state index < -0.39 is 0 Å². The number of imidazole rings is 1. The van der Waals surface area contributed by atoms with Gasteiger partial charge in [0.15, 0.2) is 11.6 Å². The number of aromatic amines is 1. The first-order valence-corrected chi connectivity index (χ1v) is 4.75. The van der Waals surface area contributed by atoms with E-state index in [0.29, 0.717) is 5.82 Å². The third-order valence-electron chi connectivity index (χ3n) is 1.70. The zero-order chi connectivity index (χ0) is 9.26. The molecule has 0 aliphatic heterocycles. The van der Waals surface area contributed by atoms with Crippen molar-refractivity contribution in [3.63, 3.8) is 0 Å². The molecule has 0 aliphatic rings. The second-order valence-electron chi connectivity index (χ2n) is 2.68. The predicted octanol–water partition coefficient (Wildman–Crippen LogP) is 2.34. The van der Waals surface area contributed by atoms with Crippen molar-refractivity contribution in [2.24, 2.45) is 0 Å². The number of aromatic nitrogens is 2. The van der Waals surface area contributed by atoms with Crippen molar-refractivity contribution >= 4 is 17.1 Å². The maximum atomic E-state index is 10.9. The SMILES string of the molecule is CC(=O)c1ncc(-c2cccs2)[nH]1. The summed E-state index contributed by atoms with van der Waals surface area (Å²) in [6.45, 7) is 1.50. The summed E-state index contributed by atoms with van der Waals surface area (Å²) in [4.78, 5) is 19.0. The van der Waals surface area contributed by atoms with Crippen LogP contribution in [0.3, 0.4) is 0 Å². The van der Waals surface area contributed by atoms with Crippen LogP contribution in [0.4, 0.5) is 0 Å². The fourth-order valence-corrected chi connectivity index (χ4v) is 1.75. The highest BCUT2D eigenvalue weighted by atomic mass is 32.1. The van der Waals surface area contributed by atoms with E-state index in [1.54, 1.807) is 17.5 Å². The zero-order valence-corrected chi connectivity index (χ0v) is 7.89. The van der Waals surface area contributed by atoms with E-state index in [-0.39, 0.29) is 5.78 Å². The number of ketones is 1. The standard InChI is InChI=1S/C9H8N2OS/c1-6(12)9-10-5-7(11-9)8-3-2-4-13-8/h2-5H,1H3,(H,10,11). The molecule has 2 aromatic rings. The molecule has 0 unspecified atom stereocenters. The van der Waals surface area contributed by atoms with Gasteiger partial charge in [0.05, 0.1) is 16.8 Å². The van der Waals surface area contributed by atoms with Crippen LogP contribution in [-0.4, -0.2) is 15.8 Å². The summed E-state index contributed by atoms with van der Waals surface area (Å²) in [5, 5.41) is 1.99. The van der Waals surface area contributed by atoms with Gasteiger partial charge in [-0.05, 0) is 11.4 Å². The molecule has 13 heavy (non-hydrogen) atoms. The summed E-state index contributed by atoms with van der Waals surface area (Å²) in [7, 11) is 0. The van der Waals surface area contributed by atoms with E-state index in [2.05, 4.69) is 9.97 Å². The van der Waals surface area contributed by atoms with Crippen LogP contribution in [-0.2, 0) is 0 Å². The predicted molar refractivity (Wildman–Crippen MR) is 51.9 cm³/mol. The zero-order valence-electron chi connectivity index (χ0n) is 7.07. The minimum atomic E-state index is -0.0391. The van der Waals surface area contributed by atoms with Crippen molar-refractivity contribution in [1.82, 2.24) is 9.97 Å². The normalized spacial score (nSPS) is 10.2. The van der Waals surface area contributed by atoms with Gasteiger partial charge in [0.25, 0.3) is 0 Å². The number of carbonyl (C=O) groups excluding carboxylic acids is 1. The van der Waals surface area contributed by atoms with Crippen molar-refractivity contribution in [1.29, 1.82) is 0 Å². The van der Waals surface area contributed by atoms with Crippen LogP contribution in [0.2, 0.25) is 0 Å². The molecular weight excluding hydrogens is 184 g/mol. The van der Waals surface area contributed by atoms with Gasteiger partial charge < -0.3 is 4.98 Å². The van der Waals surface area contributed by atoms with E-state index in [4.69, 9.17) is 0 Å². The molecule has 0 aliphatic carbocycles. The molecular formula is C9H8N2OS. The lowest BCUT2D eigenvalue weighted by Crippen LogP contribution is -1.93. The molecule has 0 spiro atoms. The largest absolute Gasteiger partial charge is 0.335 e. The van der Waals surface area contributed by atoms with Crippen molar-refractivity contribution in [2.75, 3.05) is 0 Å². The molecule has 3 nitrogen and oxygen atoms in total. The van der Waals surface area contributed by atoms with Gasteiger partial charge in [0.2, 0.25) is 0 Å². The second-order valence-corrected chi connectivity index (χ2v) is 3.63. The van der Waals surface area contributed by atoms with Crippen LogP contribution in [0.15, 0.2) is 23.7 Å². The van der Waals surface area contributed by atoms with Crippen molar-refractivity contribution in [2.45, 2.75) is 6.92 Å². The summed E-state index contributed by atoms with van der Waals surface area (Å²) in [6, 6.07) is 3.95. The fraction of sp³-hybridized carbons (Fsp3) is 0.111. The summed E-state index contributed by atoms with van der Waals surface area (Å²) < 4.78 is 0. The average molecular weight is 192 g/mol. The minimum absolute atomic E-state index is 0.0391. The number of hydrogen-bond acceptors (Lipinski definition) is 3. The van der Waals surface area contributed by atoms with Crippen molar-refractivity contribution < 1.29 is 4.79 Å². The highest BCUT2D eigenvalue weighted by molar-refractivity contribution is 7.13. The number of hydrogen-bond donors (Lipinski definition) is 1. The van der Waals surface area contributed by atoms with Gasteiger partial charge in [0.1, 0.15) is 0 Å². The molecule has 2 heterocycles. The molecule has 66 valence electrons. The Labute approximate surface area is 79.4 Å². The average Bonchev–Trinajstić information content (AvgIpc) is 2.75. The molecule has 0 saturated carbocycles. The Balaban J connectivity index is 2.39. The number of H-pyrrole nitrogens is 1. The number of carbonyl (C=O) groups is 1. The summed E-state index contributed by atoms with van der Waals surface area (Å²) in [5.41, 5.74) is 0.903. The minimum Gasteiger partial charge on any atom is -0.335 e.